The van der Waals surface area contributed by atoms with Crippen molar-refractivity contribution >= 4 is 35.0 Å². The van der Waals surface area contributed by atoms with E-state index in [9.17, 15) is 9.59 Å². The highest BCUT2D eigenvalue weighted by molar-refractivity contribution is 8.01. The Bertz CT molecular complexity index is 533. The summed E-state index contributed by atoms with van der Waals surface area (Å²) in [6.45, 7) is 5.70. The fourth-order valence-corrected chi connectivity index (χ4v) is 4.15. The summed E-state index contributed by atoms with van der Waals surface area (Å²) in [7, 11) is 0. The zero-order chi connectivity index (χ0) is 16.1. The van der Waals surface area contributed by atoms with E-state index in [1.807, 2.05) is 4.90 Å². The average molecular weight is 343 g/mol. The van der Waals surface area contributed by atoms with Crippen molar-refractivity contribution in [1.82, 2.24) is 15.2 Å². The summed E-state index contributed by atoms with van der Waals surface area (Å²) in [5.41, 5.74) is 0.0868. The number of hydrogen-bond acceptors (Lipinski definition) is 6. The highest BCUT2D eigenvalue weighted by atomic mass is 32.2. The molecule has 1 aromatic rings. The number of likely N-dealkylation sites (tertiary alicyclic amines) is 1. The van der Waals surface area contributed by atoms with E-state index in [1.165, 1.54) is 23.1 Å². The first-order chi connectivity index (χ1) is 10.5. The average Bonchev–Trinajstić information content (AvgIpc) is 3.05. The molecule has 2 N–H and O–H groups in total. The summed E-state index contributed by atoms with van der Waals surface area (Å²) in [5.74, 6) is -0.0598. The van der Waals surface area contributed by atoms with Crippen molar-refractivity contribution in [2.75, 3.05) is 18.8 Å². The van der Waals surface area contributed by atoms with Gasteiger partial charge in [-0.2, -0.15) is 0 Å². The summed E-state index contributed by atoms with van der Waals surface area (Å²) in [6.07, 6.45) is 1.53. The van der Waals surface area contributed by atoms with Gasteiger partial charge < -0.3 is 15.3 Å². The van der Waals surface area contributed by atoms with Gasteiger partial charge in [0.1, 0.15) is 0 Å². The van der Waals surface area contributed by atoms with Crippen LogP contribution in [0.15, 0.2) is 9.72 Å². The van der Waals surface area contributed by atoms with E-state index in [0.29, 0.717) is 19.0 Å². The van der Waals surface area contributed by atoms with Crippen molar-refractivity contribution in [1.29, 1.82) is 0 Å². The number of aromatic nitrogens is 1. The van der Waals surface area contributed by atoms with E-state index >= 15 is 0 Å². The predicted molar refractivity (Wildman–Crippen MR) is 87.7 cm³/mol. The second-order valence-electron chi connectivity index (χ2n) is 5.49. The standard InChI is InChI=1S/C14H21N3O3S2/c1-9(2)15-7-10-3-4-12(18)17(10)5-6-21-14-16-11(8-22-14)13(19)20/h8-10,15H,3-7H2,1-2H3,(H,19,20)/t10-/m1/s1. The molecule has 0 aromatic carbocycles. The van der Waals surface area contributed by atoms with Crippen LogP contribution in [-0.4, -0.2) is 57.8 Å². The Hall–Kier alpha value is -1.12. The minimum atomic E-state index is -1.00. The van der Waals surface area contributed by atoms with Crippen molar-refractivity contribution in [2.24, 2.45) is 0 Å². The van der Waals surface area contributed by atoms with Crippen LogP contribution < -0.4 is 5.32 Å². The van der Waals surface area contributed by atoms with Crippen LogP contribution in [-0.2, 0) is 4.79 Å². The van der Waals surface area contributed by atoms with Gasteiger partial charge >= 0.3 is 5.97 Å². The molecule has 1 aromatic heterocycles. The Labute approximate surface area is 138 Å². The Balaban J connectivity index is 1.80. The number of amides is 1. The van der Waals surface area contributed by atoms with Gasteiger partial charge in [-0.3, -0.25) is 4.79 Å². The van der Waals surface area contributed by atoms with Crippen molar-refractivity contribution in [3.63, 3.8) is 0 Å². The van der Waals surface area contributed by atoms with Gasteiger partial charge in [0.2, 0.25) is 5.91 Å². The molecule has 1 atom stereocenters. The molecule has 6 nitrogen and oxygen atoms in total. The third kappa shape index (κ3) is 4.69. The number of thiazole rings is 1. The third-order valence-electron chi connectivity index (χ3n) is 3.47. The Morgan fingerprint density at radius 2 is 2.41 bits per heavy atom. The molecule has 1 aliphatic rings. The molecule has 22 heavy (non-hydrogen) atoms. The second-order valence-corrected chi connectivity index (χ2v) is 7.69. The van der Waals surface area contributed by atoms with Crippen molar-refractivity contribution < 1.29 is 14.7 Å². The first-order valence-electron chi connectivity index (χ1n) is 7.32. The molecule has 1 aliphatic heterocycles. The number of carbonyl (C=O) groups is 2. The molecule has 1 fully saturated rings. The maximum atomic E-state index is 12.0. The van der Waals surface area contributed by atoms with E-state index in [2.05, 4.69) is 24.1 Å². The molecular weight excluding hydrogens is 322 g/mol. The van der Waals surface area contributed by atoms with Gasteiger partial charge in [-0.05, 0) is 6.42 Å². The smallest absolute Gasteiger partial charge is 0.355 e. The molecule has 0 radical (unpaired) electrons. The van der Waals surface area contributed by atoms with Crippen LogP contribution in [0, 0.1) is 0 Å². The van der Waals surface area contributed by atoms with Crippen molar-refractivity contribution in [3.8, 4) is 0 Å². The molecule has 1 saturated heterocycles. The largest absolute Gasteiger partial charge is 0.476 e. The van der Waals surface area contributed by atoms with E-state index in [-0.39, 0.29) is 17.6 Å². The zero-order valence-electron chi connectivity index (χ0n) is 12.7. The van der Waals surface area contributed by atoms with Gasteiger partial charge in [0, 0.05) is 42.7 Å². The molecule has 1 amide bonds. The van der Waals surface area contributed by atoms with Crippen LogP contribution in [0.1, 0.15) is 37.2 Å². The lowest BCUT2D eigenvalue weighted by atomic mass is 10.2. The minimum Gasteiger partial charge on any atom is -0.476 e. The minimum absolute atomic E-state index is 0.0868. The van der Waals surface area contributed by atoms with Crippen LogP contribution in [0.5, 0.6) is 0 Å². The fourth-order valence-electron chi connectivity index (χ4n) is 2.34. The van der Waals surface area contributed by atoms with E-state index in [1.54, 1.807) is 5.38 Å². The Morgan fingerprint density at radius 3 is 3.05 bits per heavy atom. The summed E-state index contributed by atoms with van der Waals surface area (Å²) < 4.78 is 0.737. The summed E-state index contributed by atoms with van der Waals surface area (Å²) in [6, 6.07) is 0.679. The lowest BCUT2D eigenvalue weighted by Gasteiger charge is -2.25. The lowest BCUT2D eigenvalue weighted by molar-refractivity contribution is -0.128. The number of hydrogen-bond donors (Lipinski definition) is 2. The number of rotatable bonds is 8. The highest BCUT2D eigenvalue weighted by Gasteiger charge is 2.30. The molecule has 2 heterocycles. The number of nitrogens with one attached hydrogen (secondary N) is 1. The zero-order valence-corrected chi connectivity index (χ0v) is 14.4. The van der Waals surface area contributed by atoms with E-state index in [0.717, 1.165) is 23.1 Å². The second kappa shape index (κ2) is 7.94. The fraction of sp³-hybridized carbons (Fsp3) is 0.643. The monoisotopic (exact) mass is 343 g/mol. The van der Waals surface area contributed by atoms with Crippen LogP contribution >= 0.6 is 23.1 Å². The predicted octanol–water partition coefficient (Wildman–Crippen LogP) is 1.92. The Kier molecular flexibility index (Phi) is 6.22. The molecule has 122 valence electrons. The lowest BCUT2D eigenvalue weighted by Crippen LogP contribution is -2.42. The molecule has 0 spiro atoms. The van der Waals surface area contributed by atoms with E-state index in [4.69, 9.17) is 5.11 Å². The number of nitrogens with zero attached hydrogens (tertiary/aromatic N) is 2. The van der Waals surface area contributed by atoms with E-state index < -0.39 is 5.97 Å². The number of aromatic carboxylic acids is 1. The number of carboxylic acid groups (broad SMARTS) is 1. The number of carboxylic acids is 1. The maximum absolute atomic E-state index is 12.0. The highest BCUT2D eigenvalue weighted by Crippen LogP contribution is 2.24. The SMILES string of the molecule is CC(C)NC[C@H]1CCC(=O)N1CCSc1nc(C(=O)O)cs1. The van der Waals surface area contributed by atoms with Crippen molar-refractivity contribution in [2.45, 2.75) is 43.1 Å². The number of carbonyl (C=O) groups excluding carboxylic acids is 1. The van der Waals surface area contributed by atoms with Gasteiger partial charge in [0.25, 0.3) is 0 Å². The molecular formula is C14H21N3O3S2. The van der Waals surface area contributed by atoms with Gasteiger partial charge in [-0.15, -0.1) is 11.3 Å². The first-order valence-corrected chi connectivity index (χ1v) is 9.18. The Morgan fingerprint density at radius 1 is 1.64 bits per heavy atom. The molecule has 0 unspecified atom stereocenters. The normalized spacial score (nSPS) is 18.4. The van der Waals surface area contributed by atoms with Gasteiger partial charge in [-0.25, -0.2) is 9.78 Å². The third-order valence-corrected chi connectivity index (χ3v) is 5.48. The van der Waals surface area contributed by atoms with Crippen LogP contribution in [0.4, 0.5) is 0 Å². The van der Waals surface area contributed by atoms with Crippen LogP contribution in [0.2, 0.25) is 0 Å². The number of thioether (sulfide) groups is 1. The van der Waals surface area contributed by atoms with Gasteiger partial charge in [-0.1, -0.05) is 25.6 Å². The summed E-state index contributed by atoms with van der Waals surface area (Å²) in [5, 5.41) is 13.8. The molecule has 0 saturated carbocycles. The van der Waals surface area contributed by atoms with Crippen LogP contribution in [0.25, 0.3) is 0 Å². The molecule has 0 aliphatic carbocycles. The first kappa shape index (κ1) is 17.2. The molecule has 8 heteroatoms. The molecule has 2 rings (SSSR count). The van der Waals surface area contributed by atoms with Crippen molar-refractivity contribution in [3.05, 3.63) is 11.1 Å². The quantitative estimate of drug-likeness (QED) is 0.702. The maximum Gasteiger partial charge on any atom is 0.355 e. The summed E-state index contributed by atoms with van der Waals surface area (Å²) >= 11 is 2.84. The van der Waals surface area contributed by atoms with Crippen LogP contribution in [0.3, 0.4) is 0 Å². The topological polar surface area (TPSA) is 82.5 Å². The van der Waals surface area contributed by atoms with Gasteiger partial charge in [0.05, 0.1) is 0 Å². The summed E-state index contributed by atoms with van der Waals surface area (Å²) in [4.78, 5) is 28.7. The van der Waals surface area contributed by atoms with Gasteiger partial charge in [0.15, 0.2) is 10.0 Å². The molecule has 0 bridgehead atoms.